The van der Waals surface area contributed by atoms with E-state index in [4.69, 9.17) is 4.74 Å². The second-order valence-corrected chi connectivity index (χ2v) is 8.15. The van der Waals surface area contributed by atoms with Gasteiger partial charge in [0.2, 0.25) is 5.91 Å². The number of nitrogens with one attached hydrogen (secondary N) is 1. The van der Waals surface area contributed by atoms with Gasteiger partial charge in [0.15, 0.2) is 0 Å². The molecule has 1 heterocycles. The SMILES string of the molecule is C=CCNC(=O)/C(C#N)=C1\SC(Cc2cccc(C)c2)C(=O)N1c1ccc(OC)cc1. The Morgan fingerprint density at radius 2 is 2.06 bits per heavy atom. The highest BCUT2D eigenvalue weighted by Crippen LogP contribution is 2.42. The predicted molar refractivity (Wildman–Crippen MR) is 123 cm³/mol. The molecule has 0 saturated carbocycles. The first kappa shape index (κ1) is 22.2. The number of amides is 2. The van der Waals surface area contributed by atoms with Crippen LogP contribution in [0.15, 0.2) is 71.8 Å². The molecule has 0 aromatic heterocycles. The van der Waals surface area contributed by atoms with Crippen molar-refractivity contribution in [3.8, 4) is 11.8 Å². The lowest BCUT2D eigenvalue weighted by molar-refractivity contribution is -0.117. The number of hydrogen-bond donors (Lipinski definition) is 1. The molecule has 7 heteroatoms. The molecule has 1 atom stereocenters. The molecular weight excluding hydrogens is 410 g/mol. The molecule has 3 rings (SSSR count). The standard InChI is InChI=1S/C24H23N3O3S/c1-4-12-26-22(28)20(15-25)24-27(18-8-10-19(30-3)11-9-18)23(29)21(31-24)14-17-7-5-6-16(2)13-17/h4-11,13,21H,1,12,14H2,2-3H3,(H,26,28)/b24-20-. The fourth-order valence-electron chi connectivity index (χ4n) is 3.26. The molecule has 1 fully saturated rings. The van der Waals surface area contributed by atoms with E-state index in [0.717, 1.165) is 11.1 Å². The van der Waals surface area contributed by atoms with Crippen LogP contribution in [0.25, 0.3) is 0 Å². The van der Waals surface area contributed by atoms with E-state index in [1.54, 1.807) is 31.4 Å². The van der Waals surface area contributed by atoms with E-state index in [0.29, 0.717) is 22.9 Å². The van der Waals surface area contributed by atoms with Crippen molar-refractivity contribution in [2.75, 3.05) is 18.6 Å². The van der Waals surface area contributed by atoms with Gasteiger partial charge < -0.3 is 10.1 Å². The third kappa shape index (κ3) is 4.98. The van der Waals surface area contributed by atoms with Crippen molar-refractivity contribution in [2.45, 2.75) is 18.6 Å². The van der Waals surface area contributed by atoms with Crippen molar-refractivity contribution in [3.63, 3.8) is 0 Å². The molecule has 158 valence electrons. The number of methoxy groups -OCH3 is 1. The quantitative estimate of drug-likeness (QED) is 0.409. The summed E-state index contributed by atoms with van der Waals surface area (Å²) in [5.41, 5.74) is 2.61. The third-order valence-corrected chi connectivity index (χ3v) is 6.01. The molecule has 0 spiro atoms. The minimum atomic E-state index is -0.535. The summed E-state index contributed by atoms with van der Waals surface area (Å²) in [6, 6.07) is 16.9. The fourth-order valence-corrected chi connectivity index (χ4v) is 4.57. The van der Waals surface area contributed by atoms with Crippen LogP contribution in [0.4, 0.5) is 5.69 Å². The molecule has 6 nitrogen and oxygen atoms in total. The number of benzene rings is 2. The average Bonchev–Trinajstić information content (AvgIpc) is 3.08. The van der Waals surface area contributed by atoms with Gasteiger partial charge in [-0.05, 0) is 43.2 Å². The van der Waals surface area contributed by atoms with E-state index in [1.807, 2.05) is 37.3 Å². The number of rotatable bonds is 7. The Labute approximate surface area is 186 Å². The number of ether oxygens (including phenoxy) is 1. The molecule has 1 saturated heterocycles. The topological polar surface area (TPSA) is 82.4 Å². The molecule has 2 aromatic carbocycles. The van der Waals surface area contributed by atoms with Crippen LogP contribution < -0.4 is 15.0 Å². The van der Waals surface area contributed by atoms with Gasteiger partial charge in [-0.2, -0.15) is 5.26 Å². The van der Waals surface area contributed by atoms with Gasteiger partial charge in [0.25, 0.3) is 5.91 Å². The number of aryl methyl sites for hydroxylation is 1. The lowest BCUT2D eigenvalue weighted by atomic mass is 10.1. The van der Waals surface area contributed by atoms with Crippen LogP contribution in [0.1, 0.15) is 11.1 Å². The van der Waals surface area contributed by atoms with Crippen molar-refractivity contribution in [1.82, 2.24) is 5.32 Å². The van der Waals surface area contributed by atoms with E-state index in [-0.39, 0.29) is 18.0 Å². The average molecular weight is 434 g/mol. The number of nitriles is 1. The maximum absolute atomic E-state index is 13.4. The molecule has 0 radical (unpaired) electrons. The molecule has 1 aliphatic rings. The number of carbonyl (C=O) groups is 2. The highest BCUT2D eigenvalue weighted by molar-refractivity contribution is 8.05. The summed E-state index contributed by atoms with van der Waals surface area (Å²) in [4.78, 5) is 27.5. The third-order valence-electron chi connectivity index (χ3n) is 4.75. The van der Waals surface area contributed by atoms with E-state index in [2.05, 4.69) is 11.9 Å². The van der Waals surface area contributed by atoms with Crippen LogP contribution in [0, 0.1) is 18.3 Å². The second kappa shape index (κ2) is 10.0. The first-order valence-electron chi connectivity index (χ1n) is 9.72. The summed E-state index contributed by atoms with van der Waals surface area (Å²) in [7, 11) is 1.56. The van der Waals surface area contributed by atoms with Crippen LogP contribution in [-0.2, 0) is 16.0 Å². The number of carbonyl (C=O) groups excluding carboxylic acids is 2. The monoisotopic (exact) mass is 433 g/mol. The Morgan fingerprint density at radius 3 is 2.68 bits per heavy atom. The van der Waals surface area contributed by atoms with Gasteiger partial charge in [0.1, 0.15) is 22.4 Å². The van der Waals surface area contributed by atoms with Gasteiger partial charge in [-0.15, -0.1) is 6.58 Å². The summed E-state index contributed by atoms with van der Waals surface area (Å²) in [5.74, 6) is -0.0579. The van der Waals surface area contributed by atoms with Crippen molar-refractivity contribution in [2.24, 2.45) is 0 Å². The van der Waals surface area contributed by atoms with Crippen LogP contribution in [-0.4, -0.2) is 30.7 Å². The molecule has 31 heavy (non-hydrogen) atoms. The minimum Gasteiger partial charge on any atom is -0.497 e. The summed E-state index contributed by atoms with van der Waals surface area (Å²) in [6.45, 7) is 5.80. The van der Waals surface area contributed by atoms with Crippen LogP contribution in [0.3, 0.4) is 0 Å². The van der Waals surface area contributed by atoms with E-state index < -0.39 is 11.2 Å². The maximum Gasteiger partial charge on any atom is 0.264 e. The zero-order valence-electron chi connectivity index (χ0n) is 17.4. The second-order valence-electron chi connectivity index (χ2n) is 6.96. The first-order chi connectivity index (χ1) is 15.0. The number of anilines is 1. The number of nitrogens with zero attached hydrogens (tertiary/aromatic N) is 2. The fraction of sp³-hybridized carbons (Fsp3) is 0.208. The Hall–Kier alpha value is -3.50. The first-order valence-corrected chi connectivity index (χ1v) is 10.6. The van der Waals surface area contributed by atoms with Crippen LogP contribution >= 0.6 is 11.8 Å². The van der Waals surface area contributed by atoms with Crippen molar-refractivity contribution < 1.29 is 14.3 Å². The highest BCUT2D eigenvalue weighted by atomic mass is 32.2. The largest absolute Gasteiger partial charge is 0.497 e. The highest BCUT2D eigenvalue weighted by Gasteiger charge is 2.40. The van der Waals surface area contributed by atoms with Crippen LogP contribution in [0.5, 0.6) is 5.75 Å². The van der Waals surface area contributed by atoms with Gasteiger partial charge in [-0.1, -0.05) is 47.7 Å². The zero-order chi connectivity index (χ0) is 22.4. The number of hydrogen-bond acceptors (Lipinski definition) is 5. The molecule has 2 amide bonds. The van der Waals surface area contributed by atoms with Gasteiger partial charge in [-0.3, -0.25) is 14.5 Å². The molecule has 1 unspecified atom stereocenters. The van der Waals surface area contributed by atoms with Gasteiger partial charge in [0, 0.05) is 12.2 Å². The minimum absolute atomic E-state index is 0.0947. The normalized spacial score (nSPS) is 17.1. The zero-order valence-corrected chi connectivity index (χ0v) is 18.2. The van der Waals surface area contributed by atoms with Crippen molar-refractivity contribution in [3.05, 3.63) is 82.9 Å². The summed E-state index contributed by atoms with van der Waals surface area (Å²) < 4.78 is 5.20. The lowest BCUT2D eigenvalue weighted by Crippen LogP contribution is -2.32. The molecule has 1 N–H and O–H groups in total. The van der Waals surface area contributed by atoms with Gasteiger partial charge in [0.05, 0.1) is 12.4 Å². The summed E-state index contributed by atoms with van der Waals surface area (Å²) >= 11 is 1.24. The smallest absolute Gasteiger partial charge is 0.264 e. The Balaban J connectivity index is 2.02. The Bertz CT molecular complexity index is 1070. The number of thioether (sulfide) groups is 1. The van der Waals surface area contributed by atoms with Crippen molar-refractivity contribution in [1.29, 1.82) is 5.26 Å². The molecule has 0 aliphatic carbocycles. The summed E-state index contributed by atoms with van der Waals surface area (Å²) in [5, 5.41) is 12.2. The predicted octanol–water partition coefficient (Wildman–Crippen LogP) is 3.73. The van der Waals surface area contributed by atoms with Gasteiger partial charge in [-0.25, -0.2) is 0 Å². The molecule has 1 aliphatic heterocycles. The van der Waals surface area contributed by atoms with Crippen LogP contribution in [0.2, 0.25) is 0 Å². The molecule has 0 bridgehead atoms. The van der Waals surface area contributed by atoms with E-state index >= 15 is 0 Å². The Morgan fingerprint density at radius 1 is 1.32 bits per heavy atom. The van der Waals surface area contributed by atoms with Crippen molar-refractivity contribution >= 4 is 29.3 Å². The Kier molecular flexibility index (Phi) is 7.16. The van der Waals surface area contributed by atoms with E-state index in [1.165, 1.54) is 22.7 Å². The summed E-state index contributed by atoms with van der Waals surface area (Å²) in [6.07, 6.45) is 2.03. The van der Waals surface area contributed by atoms with E-state index in [9.17, 15) is 14.9 Å². The molecular formula is C24H23N3O3S. The lowest BCUT2D eigenvalue weighted by Gasteiger charge is -2.19. The maximum atomic E-state index is 13.4. The molecule has 2 aromatic rings. The van der Waals surface area contributed by atoms with Gasteiger partial charge >= 0.3 is 0 Å².